The summed E-state index contributed by atoms with van der Waals surface area (Å²) in [5.41, 5.74) is 7.43. The van der Waals surface area contributed by atoms with E-state index in [0.29, 0.717) is 6.04 Å². The van der Waals surface area contributed by atoms with Crippen molar-refractivity contribution >= 4 is 0 Å². The number of hydrogen-bond donors (Lipinski definition) is 1. The van der Waals surface area contributed by atoms with Crippen LogP contribution >= 0.6 is 0 Å². The Morgan fingerprint density at radius 3 is 2.41 bits per heavy atom. The second-order valence-corrected chi connectivity index (χ2v) is 4.92. The lowest BCUT2D eigenvalue weighted by Gasteiger charge is -2.25. The van der Waals surface area contributed by atoms with Crippen LogP contribution in [-0.2, 0) is 0 Å². The highest BCUT2D eigenvalue weighted by atomic mass is 15.1. The van der Waals surface area contributed by atoms with E-state index in [1.165, 1.54) is 18.4 Å². The minimum absolute atomic E-state index is 0.160. The standard InChI is InChI=1S/C15H26N2/c1-4-8-13(2)17(3)12-11-15(16)14-9-6-5-7-10-14/h5-7,9-10,13,15H,4,8,11-12,16H2,1-3H3. The van der Waals surface area contributed by atoms with E-state index in [4.69, 9.17) is 5.73 Å². The summed E-state index contributed by atoms with van der Waals surface area (Å²) in [6, 6.07) is 11.2. The summed E-state index contributed by atoms with van der Waals surface area (Å²) in [6.07, 6.45) is 3.53. The van der Waals surface area contributed by atoms with E-state index in [0.717, 1.165) is 13.0 Å². The molecule has 0 bridgehead atoms. The maximum absolute atomic E-state index is 6.19. The van der Waals surface area contributed by atoms with E-state index in [9.17, 15) is 0 Å². The molecule has 0 spiro atoms. The molecule has 1 rings (SSSR count). The van der Waals surface area contributed by atoms with Gasteiger partial charge in [-0.05, 0) is 38.9 Å². The molecule has 1 aromatic rings. The molecule has 2 nitrogen and oxygen atoms in total. The van der Waals surface area contributed by atoms with Crippen molar-refractivity contribution in [3.05, 3.63) is 35.9 Å². The molecule has 0 saturated carbocycles. The molecule has 2 unspecified atom stereocenters. The first kappa shape index (κ1) is 14.2. The highest BCUT2D eigenvalue weighted by Crippen LogP contribution is 2.14. The van der Waals surface area contributed by atoms with Crippen LogP contribution in [0, 0.1) is 0 Å². The summed E-state index contributed by atoms with van der Waals surface area (Å²) in [5, 5.41) is 0. The average molecular weight is 234 g/mol. The third-order valence-electron chi connectivity index (χ3n) is 3.48. The van der Waals surface area contributed by atoms with Gasteiger partial charge in [-0.25, -0.2) is 0 Å². The Bertz CT molecular complexity index is 297. The van der Waals surface area contributed by atoms with E-state index in [1.807, 2.05) is 6.07 Å². The number of benzene rings is 1. The number of nitrogens with zero attached hydrogens (tertiary/aromatic N) is 1. The van der Waals surface area contributed by atoms with Crippen LogP contribution < -0.4 is 5.73 Å². The second-order valence-electron chi connectivity index (χ2n) is 4.92. The van der Waals surface area contributed by atoms with Crippen LogP contribution in [0.2, 0.25) is 0 Å². The largest absolute Gasteiger partial charge is 0.324 e. The molecular weight excluding hydrogens is 208 g/mol. The monoisotopic (exact) mass is 234 g/mol. The Morgan fingerprint density at radius 1 is 1.18 bits per heavy atom. The van der Waals surface area contributed by atoms with Gasteiger partial charge in [0.25, 0.3) is 0 Å². The van der Waals surface area contributed by atoms with E-state index in [1.54, 1.807) is 0 Å². The molecule has 2 atom stereocenters. The molecule has 0 amide bonds. The van der Waals surface area contributed by atoms with Crippen LogP contribution in [-0.4, -0.2) is 24.5 Å². The fourth-order valence-corrected chi connectivity index (χ4v) is 2.07. The van der Waals surface area contributed by atoms with Gasteiger partial charge in [0, 0.05) is 12.1 Å². The predicted octanol–water partition coefficient (Wildman–Crippen LogP) is 3.20. The van der Waals surface area contributed by atoms with Crippen molar-refractivity contribution < 1.29 is 0 Å². The quantitative estimate of drug-likeness (QED) is 0.785. The van der Waals surface area contributed by atoms with Crippen molar-refractivity contribution in [2.45, 2.75) is 45.2 Å². The molecule has 17 heavy (non-hydrogen) atoms. The smallest absolute Gasteiger partial charge is 0.0307 e. The van der Waals surface area contributed by atoms with Crippen molar-refractivity contribution in [2.24, 2.45) is 5.73 Å². The van der Waals surface area contributed by atoms with Gasteiger partial charge in [-0.2, -0.15) is 0 Å². The molecule has 1 aromatic carbocycles. The van der Waals surface area contributed by atoms with Crippen molar-refractivity contribution in [3.63, 3.8) is 0 Å². The molecule has 0 heterocycles. The molecule has 0 fully saturated rings. The van der Waals surface area contributed by atoms with Crippen LogP contribution in [0.25, 0.3) is 0 Å². The summed E-state index contributed by atoms with van der Waals surface area (Å²) in [5.74, 6) is 0. The summed E-state index contributed by atoms with van der Waals surface area (Å²) < 4.78 is 0. The van der Waals surface area contributed by atoms with Gasteiger partial charge < -0.3 is 10.6 Å². The molecule has 0 aromatic heterocycles. The summed E-state index contributed by atoms with van der Waals surface area (Å²) in [6.45, 7) is 5.59. The molecule has 0 aliphatic rings. The topological polar surface area (TPSA) is 29.3 Å². The molecule has 96 valence electrons. The zero-order chi connectivity index (χ0) is 12.7. The first-order valence-electron chi connectivity index (χ1n) is 6.66. The van der Waals surface area contributed by atoms with Gasteiger partial charge in [0.2, 0.25) is 0 Å². The minimum atomic E-state index is 0.160. The highest BCUT2D eigenvalue weighted by Gasteiger charge is 2.11. The zero-order valence-corrected chi connectivity index (χ0v) is 11.4. The third kappa shape index (κ3) is 4.88. The van der Waals surface area contributed by atoms with E-state index >= 15 is 0 Å². The van der Waals surface area contributed by atoms with Gasteiger partial charge in [-0.15, -0.1) is 0 Å². The average Bonchev–Trinajstić information content (AvgIpc) is 2.36. The lowest BCUT2D eigenvalue weighted by Crippen LogP contribution is -2.31. The molecule has 0 saturated heterocycles. The number of nitrogens with two attached hydrogens (primary N) is 1. The lowest BCUT2D eigenvalue weighted by molar-refractivity contribution is 0.236. The normalized spacial score (nSPS) is 14.9. The first-order valence-corrected chi connectivity index (χ1v) is 6.66. The third-order valence-corrected chi connectivity index (χ3v) is 3.48. The van der Waals surface area contributed by atoms with Crippen LogP contribution in [0.1, 0.15) is 44.7 Å². The van der Waals surface area contributed by atoms with Crippen LogP contribution in [0.3, 0.4) is 0 Å². The van der Waals surface area contributed by atoms with Gasteiger partial charge in [-0.1, -0.05) is 43.7 Å². The van der Waals surface area contributed by atoms with Crippen LogP contribution in [0.5, 0.6) is 0 Å². The molecular formula is C15H26N2. The van der Waals surface area contributed by atoms with E-state index in [2.05, 4.69) is 50.1 Å². The summed E-state index contributed by atoms with van der Waals surface area (Å²) in [7, 11) is 2.19. The van der Waals surface area contributed by atoms with Crippen molar-refractivity contribution in [2.75, 3.05) is 13.6 Å². The van der Waals surface area contributed by atoms with Gasteiger partial charge in [0.1, 0.15) is 0 Å². The second kappa shape index (κ2) is 7.46. The molecule has 2 N–H and O–H groups in total. The number of rotatable bonds is 7. The fourth-order valence-electron chi connectivity index (χ4n) is 2.07. The maximum atomic E-state index is 6.19. The maximum Gasteiger partial charge on any atom is 0.0307 e. The molecule has 2 heteroatoms. The molecule has 0 aliphatic heterocycles. The SMILES string of the molecule is CCCC(C)N(C)CCC(N)c1ccccc1. The highest BCUT2D eigenvalue weighted by molar-refractivity contribution is 5.18. The Balaban J connectivity index is 2.35. The van der Waals surface area contributed by atoms with Crippen molar-refractivity contribution in [1.29, 1.82) is 0 Å². The van der Waals surface area contributed by atoms with Crippen LogP contribution in [0.4, 0.5) is 0 Å². The van der Waals surface area contributed by atoms with Crippen molar-refractivity contribution in [1.82, 2.24) is 4.90 Å². The molecule has 0 radical (unpaired) electrons. The zero-order valence-electron chi connectivity index (χ0n) is 11.4. The van der Waals surface area contributed by atoms with E-state index in [-0.39, 0.29) is 6.04 Å². The van der Waals surface area contributed by atoms with Gasteiger partial charge >= 0.3 is 0 Å². The molecule has 0 aliphatic carbocycles. The predicted molar refractivity (Wildman–Crippen MR) is 75.0 cm³/mol. The van der Waals surface area contributed by atoms with Crippen molar-refractivity contribution in [3.8, 4) is 0 Å². The van der Waals surface area contributed by atoms with Crippen LogP contribution in [0.15, 0.2) is 30.3 Å². The first-order chi connectivity index (χ1) is 8.15. The summed E-state index contributed by atoms with van der Waals surface area (Å²) in [4.78, 5) is 2.41. The Kier molecular flexibility index (Phi) is 6.23. The van der Waals surface area contributed by atoms with Gasteiger partial charge in [0.05, 0.1) is 0 Å². The fraction of sp³-hybridized carbons (Fsp3) is 0.600. The van der Waals surface area contributed by atoms with Gasteiger partial charge in [0.15, 0.2) is 0 Å². The van der Waals surface area contributed by atoms with E-state index < -0.39 is 0 Å². The number of hydrogen-bond acceptors (Lipinski definition) is 2. The van der Waals surface area contributed by atoms with Gasteiger partial charge in [-0.3, -0.25) is 0 Å². The Hall–Kier alpha value is -0.860. The minimum Gasteiger partial charge on any atom is -0.324 e. The Labute approximate surface area is 106 Å². The lowest BCUT2D eigenvalue weighted by atomic mass is 10.0. The Morgan fingerprint density at radius 2 is 1.82 bits per heavy atom. The summed E-state index contributed by atoms with van der Waals surface area (Å²) >= 11 is 0.